The van der Waals surface area contributed by atoms with E-state index < -0.39 is 0 Å². The Bertz CT molecular complexity index is 493. The Hall–Kier alpha value is -1.13. The summed E-state index contributed by atoms with van der Waals surface area (Å²) in [6, 6.07) is 4.26. The molecule has 0 saturated carbocycles. The first kappa shape index (κ1) is 15.4. The Morgan fingerprint density at radius 2 is 2.09 bits per heavy atom. The highest BCUT2D eigenvalue weighted by atomic mass is 16.5. The van der Waals surface area contributed by atoms with E-state index in [9.17, 15) is 0 Å². The van der Waals surface area contributed by atoms with E-state index in [1.54, 1.807) is 0 Å². The highest BCUT2D eigenvalue weighted by Gasteiger charge is 2.38. The molecule has 0 bridgehead atoms. The molecule has 3 fully saturated rings. The van der Waals surface area contributed by atoms with Gasteiger partial charge in [-0.05, 0) is 69.2 Å². The van der Waals surface area contributed by atoms with Crippen LogP contribution in [0.4, 0.5) is 5.69 Å². The van der Waals surface area contributed by atoms with Gasteiger partial charge in [-0.2, -0.15) is 0 Å². The van der Waals surface area contributed by atoms with Gasteiger partial charge in [-0.15, -0.1) is 0 Å². The molecular weight excluding hydrogens is 286 g/mol. The molecule has 1 spiro atoms. The number of pyridine rings is 1. The van der Waals surface area contributed by atoms with E-state index in [4.69, 9.17) is 4.74 Å². The predicted octanol–water partition coefficient (Wildman–Crippen LogP) is 2.94. The molecule has 1 unspecified atom stereocenters. The average molecular weight is 315 g/mol. The molecule has 23 heavy (non-hydrogen) atoms. The molecule has 1 atom stereocenters. The second-order valence-electron chi connectivity index (χ2n) is 7.67. The minimum Gasteiger partial charge on any atom is -0.377 e. The summed E-state index contributed by atoms with van der Waals surface area (Å²) in [6.45, 7) is 7.03. The highest BCUT2D eigenvalue weighted by molar-refractivity contribution is 5.44. The molecule has 0 aliphatic carbocycles. The van der Waals surface area contributed by atoms with E-state index in [2.05, 4.69) is 26.9 Å². The summed E-state index contributed by atoms with van der Waals surface area (Å²) in [5.74, 6) is 0. The van der Waals surface area contributed by atoms with Crippen molar-refractivity contribution in [2.24, 2.45) is 5.41 Å². The SMILES string of the molecule is c1cncc(N2CCCC3(CCN(CC4CCCO4)CC3)C2)c1. The van der Waals surface area contributed by atoms with E-state index in [1.807, 2.05) is 12.4 Å². The molecule has 0 radical (unpaired) electrons. The van der Waals surface area contributed by atoms with Gasteiger partial charge in [0.1, 0.15) is 0 Å². The zero-order valence-corrected chi connectivity index (χ0v) is 14.1. The van der Waals surface area contributed by atoms with E-state index >= 15 is 0 Å². The quantitative estimate of drug-likeness (QED) is 0.857. The Balaban J connectivity index is 1.34. The van der Waals surface area contributed by atoms with Crippen LogP contribution in [-0.4, -0.2) is 55.3 Å². The maximum atomic E-state index is 5.81. The summed E-state index contributed by atoms with van der Waals surface area (Å²) in [4.78, 5) is 9.50. The van der Waals surface area contributed by atoms with Crippen LogP contribution in [0.3, 0.4) is 0 Å². The fourth-order valence-corrected chi connectivity index (χ4v) is 4.66. The second-order valence-corrected chi connectivity index (χ2v) is 7.67. The molecule has 3 aliphatic heterocycles. The zero-order valence-electron chi connectivity index (χ0n) is 14.1. The summed E-state index contributed by atoms with van der Waals surface area (Å²) in [5.41, 5.74) is 1.83. The van der Waals surface area contributed by atoms with E-state index in [0.29, 0.717) is 11.5 Å². The summed E-state index contributed by atoms with van der Waals surface area (Å²) >= 11 is 0. The number of hydrogen-bond acceptors (Lipinski definition) is 4. The van der Waals surface area contributed by atoms with Crippen LogP contribution in [0.2, 0.25) is 0 Å². The molecule has 3 aliphatic rings. The molecule has 4 nitrogen and oxygen atoms in total. The summed E-state index contributed by atoms with van der Waals surface area (Å²) < 4.78 is 5.81. The standard InChI is InChI=1S/C19H29N3O/c1-4-17(14-20-9-1)22-10-3-6-19(16-22)7-11-21(12-8-19)15-18-5-2-13-23-18/h1,4,9,14,18H,2-3,5-8,10-13,15-16H2. The van der Waals surface area contributed by atoms with Crippen LogP contribution in [0, 0.1) is 5.41 Å². The van der Waals surface area contributed by atoms with E-state index in [0.717, 1.165) is 13.2 Å². The maximum absolute atomic E-state index is 5.81. The van der Waals surface area contributed by atoms with Crippen molar-refractivity contribution in [2.45, 2.75) is 44.6 Å². The normalized spacial score (nSPS) is 28.3. The number of piperidine rings is 2. The van der Waals surface area contributed by atoms with Crippen molar-refractivity contribution in [2.75, 3.05) is 44.2 Å². The van der Waals surface area contributed by atoms with Crippen molar-refractivity contribution >= 4 is 5.69 Å². The summed E-state index contributed by atoms with van der Waals surface area (Å²) in [7, 11) is 0. The number of nitrogens with zero attached hydrogens (tertiary/aromatic N) is 3. The van der Waals surface area contributed by atoms with Gasteiger partial charge in [0.05, 0.1) is 18.0 Å². The number of likely N-dealkylation sites (tertiary alicyclic amines) is 1. The molecule has 4 rings (SSSR count). The Morgan fingerprint density at radius 1 is 1.17 bits per heavy atom. The molecule has 4 heteroatoms. The van der Waals surface area contributed by atoms with Crippen LogP contribution in [0.5, 0.6) is 0 Å². The average Bonchev–Trinajstić information content (AvgIpc) is 3.11. The predicted molar refractivity (Wildman–Crippen MR) is 92.8 cm³/mol. The maximum Gasteiger partial charge on any atom is 0.0702 e. The Labute approximate surface area is 139 Å². The smallest absolute Gasteiger partial charge is 0.0702 e. The largest absolute Gasteiger partial charge is 0.377 e. The Morgan fingerprint density at radius 3 is 2.83 bits per heavy atom. The Kier molecular flexibility index (Phi) is 4.54. The van der Waals surface area contributed by atoms with Gasteiger partial charge in [0, 0.05) is 32.4 Å². The second kappa shape index (κ2) is 6.78. The first-order valence-corrected chi connectivity index (χ1v) is 9.32. The number of anilines is 1. The lowest BCUT2D eigenvalue weighted by Gasteiger charge is -2.48. The van der Waals surface area contributed by atoms with E-state index in [-0.39, 0.29) is 0 Å². The summed E-state index contributed by atoms with van der Waals surface area (Å²) in [6.07, 6.45) is 12.3. The highest BCUT2D eigenvalue weighted by Crippen LogP contribution is 2.41. The molecule has 1 aromatic heterocycles. The van der Waals surface area contributed by atoms with Crippen molar-refractivity contribution in [1.82, 2.24) is 9.88 Å². The molecule has 1 aromatic rings. The van der Waals surface area contributed by atoms with Crippen LogP contribution in [0.25, 0.3) is 0 Å². The monoisotopic (exact) mass is 315 g/mol. The number of hydrogen-bond donors (Lipinski definition) is 0. The third-order valence-corrected chi connectivity index (χ3v) is 6.08. The first-order valence-electron chi connectivity index (χ1n) is 9.32. The van der Waals surface area contributed by atoms with Crippen LogP contribution >= 0.6 is 0 Å². The van der Waals surface area contributed by atoms with Gasteiger partial charge in [0.15, 0.2) is 0 Å². The third-order valence-electron chi connectivity index (χ3n) is 6.08. The van der Waals surface area contributed by atoms with Crippen molar-refractivity contribution in [1.29, 1.82) is 0 Å². The van der Waals surface area contributed by atoms with Crippen molar-refractivity contribution < 1.29 is 4.74 Å². The fourth-order valence-electron chi connectivity index (χ4n) is 4.66. The van der Waals surface area contributed by atoms with Crippen molar-refractivity contribution in [3.8, 4) is 0 Å². The summed E-state index contributed by atoms with van der Waals surface area (Å²) in [5, 5.41) is 0. The van der Waals surface area contributed by atoms with Gasteiger partial charge in [-0.3, -0.25) is 4.98 Å². The van der Waals surface area contributed by atoms with Crippen LogP contribution in [-0.2, 0) is 4.74 Å². The lowest BCUT2D eigenvalue weighted by Crippen LogP contribution is -2.50. The topological polar surface area (TPSA) is 28.6 Å². The lowest BCUT2D eigenvalue weighted by molar-refractivity contribution is 0.0354. The van der Waals surface area contributed by atoms with Crippen LogP contribution < -0.4 is 4.90 Å². The van der Waals surface area contributed by atoms with Gasteiger partial charge in [-0.1, -0.05) is 0 Å². The minimum absolute atomic E-state index is 0.502. The molecule has 3 saturated heterocycles. The van der Waals surface area contributed by atoms with Gasteiger partial charge >= 0.3 is 0 Å². The lowest BCUT2D eigenvalue weighted by atomic mass is 9.72. The molecule has 4 heterocycles. The van der Waals surface area contributed by atoms with Crippen LogP contribution in [0.15, 0.2) is 24.5 Å². The van der Waals surface area contributed by atoms with Crippen molar-refractivity contribution in [3.05, 3.63) is 24.5 Å². The number of rotatable bonds is 3. The molecular formula is C19H29N3O. The first-order chi connectivity index (χ1) is 11.3. The van der Waals surface area contributed by atoms with Gasteiger partial charge in [0.25, 0.3) is 0 Å². The molecule has 0 N–H and O–H groups in total. The minimum atomic E-state index is 0.502. The number of ether oxygens (including phenoxy) is 1. The molecule has 0 amide bonds. The van der Waals surface area contributed by atoms with Gasteiger partial charge < -0.3 is 14.5 Å². The third kappa shape index (κ3) is 3.53. The van der Waals surface area contributed by atoms with E-state index in [1.165, 1.54) is 70.4 Å². The van der Waals surface area contributed by atoms with Crippen LogP contribution in [0.1, 0.15) is 38.5 Å². The van der Waals surface area contributed by atoms with Crippen molar-refractivity contribution in [3.63, 3.8) is 0 Å². The molecule has 0 aromatic carbocycles. The van der Waals surface area contributed by atoms with Gasteiger partial charge in [-0.25, -0.2) is 0 Å². The zero-order chi connectivity index (χ0) is 15.5. The fraction of sp³-hybridized carbons (Fsp3) is 0.737. The molecule has 126 valence electrons. The van der Waals surface area contributed by atoms with Gasteiger partial charge in [0.2, 0.25) is 0 Å². The number of aromatic nitrogens is 1.